The molecule has 1 unspecified atom stereocenters. The van der Waals surface area contributed by atoms with Gasteiger partial charge in [0, 0.05) is 38.7 Å². The number of amides is 1. The number of aromatic amines is 1. The van der Waals surface area contributed by atoms with Crippen LogP contribution in [0.1, 0.15) is 16.9 Å². The number of likely N-dealkylation sites (tertiary alicyclic amines) is 1. The van der Waals surface area contributed by atoms with Crippen LogP contribution in [-0.4, -0.2) is 64.5 Å². The van der Waals surface area contributed by atoms with Gasteiger partial charge in [-0.25, -0.2) is 0 Å². The lowest BCUT2D eigenvalue weighted by Crippen LogP contribution is -2.31. The van der Waals surface area contributed by atoms with E-state index in [1.165, 1.54) is 0 Å². The Bertz CT molecular complexity index is 939. The molecule has 0 saturated carbocycles. The number of ether oxygens (including phenoxy) is 1. The van der Waals surface area contributed by atoms with Crippen molar-refractivity contribution >= 4 is 11.7 Å². The van der Waals surface area contributed by atoms with Crippen LogP contribution in [0.25, 0.3) is 11.3 Å². The molecular weight excluding hydrogens is 356 g/mol. The first-order valence-electron chi connectivity index (χ1n) is 9.18. The molecule has 1 aromatic carbocycles. The van der Waals surface area contributed by atoms with Crippen LogP contribution in [0.2, 0.25) is 0 Å². The van der Waals surface area contributed by atoms with Crippen LogP contribution in [0.15, 0.2) is 48.5 Å². The molecule has 144 valence electrons. The van der Waals surface area contributed by atoms with E-state index in [0.717, 1.165) is 23.5 Å². The maximum absolute atomic E-state index is 12.8. The highest BCUT2D eigenvalue weighted by atomic mass is 16.5. The molecule has 2 aromatic heterocycles. The van der Waals surface area contributed by atoms with Gasteiger partial charge in [-0.2, -0.15) is 5.10 Å². The molecule has 0 aliphatic carbocycles. The molecule has 4 rings (SSSR count). The molecular formula is C20H22N6O2. The first-order chi connectivity index (χ1) is 13.6. The second-order valence-corrected chi connectivity index (χ2v) is 6.94. The number of hydrogen-bond acceptors (Lipinski definition) is 6. The smallest absolute Gasteiger partial charge is 0.272 e. The van der Waals surface area contributed by atoms with Crippen molar-refractivity contribution in [3.05, 3.63) is 54.2 Å². The minimum absolute atomic E-state index is 0.0742. The number of rotatable bonds is 5. The van der Waals surface area contributed by atoms with Gasteiger partial charge in [0.25, 0.3) is 5.91 Å². The fourth-order valence-corrected chi connectivity index (χ4v) is 3.15. The predicted octanol–water partition coefficient (Wildman–Crippen LogP) is 2.23. The summed E-state index contributed by atoms with van der Waals surface area (Å²) in [5.41, 5.74) is 2.21. The van der Waals surface area contributed by atoms with Gasteiger partial charge in [-0.05, 0) is 12.1 Å². The molecule has 1 aliphatic rings. The van der Waals surface area contributed by atoms with Crippen LogP contribution in [0.5, 0.6) is 5.88 Å². The molecule has 1 amide bonds. The number of H-pyrrole nitrogens is 1. The summed E-state index contributed by atoms with van der Waals surface area (Å²) in [6, 6.07) is 15.2. The van der Waals surface area contributed by atoms with E-state index in [0.29, 0.717) is 24.7 Å². The van der Waals surface area contributed by atoms with Gasteiger partial charge in [0.2, 0.25) is 5.88 Å². The molecule has 0 bridgehead atoms. The molecule has 1 saturated heterocycles. The average Bonchev–Trinajstić information content (AvgIpc) is 3.38. The van der Waals surface area contributed by atoms with E-state index in [1.54, 1.807) is 17.0 Å². The number of benzene rings is 1. The first-order valence-corrected chi connectivity index (χ1v) is 9.18. The molecule has 1 fully saturated rings. The van der Waals surface area contributed by atoms with Gasteiger partial charge in [-0.15, -0.1) is 10.2 Å². The van der Waals surface area contributed by atoms with E-state index in [4.69, 9.17) is 4.74 Å². The van der Waals surface area contributed by atoms with Crippen LogP contribution in [0.3, 0.4) is 0 Å². The van der Waals surface area contributed by atoms with Crippen LogP contribution in [0, 0.1) is 0 Å². The fourth-order valence-electron chi connectivity index (χ4n) is 3.15. The fraction of sp³-hybridized carbons (Fsp3) is 0.300. The summed E-state index contributed by atoms with van der Waals surface area (Å²) in [5, 5.41) is 15.3. The second kappa shape index (κ2) is 7.67. The van der Waals surface area contributed by atoms with Gasteiger partial charge in [-0.1, -0.05) is 30.3 Å². The normalized spacial score (nSPS) is 16.2. The third-order valence-electron chi connectivity index (χ3n) is 4.68. The molecule has 1 N–H and O–H groups in total. The largest absolute Gasteiger partial charge is 0.471 e. The van der Waals surface area contributed by atoms with E-state index in [1.807, 2.05) is 55.4 Å². The third-order valence-corrected chi connectivity index (χ3v) is 4.68. The van der Waals surface area contributed by atoms with Crippen molar-refractivity contribution in [2.45, 2.75) is 12.5 Å². The summed E-state index contributed by atoms with van der Waals surface area (Å²) < 4.78 is 5.89. The maximum atomic E-state index is 12.8. The van der Waals surface area contributed by atoms with Crippen LogP contribution < -0.4 is 9.64 Å². The van der Waals surface area contributed by atoms with Gasteiger partial charge in [0.05, 0.1) is 12.2 Å². The van der Waals surface area contributed by atoms with Crippen molar-refractivity contribution in [2.24, 2.45) is 0 Å². The van der Waals surface area contributed by atoms with E-state index in [9.17, 15) is 4.79 Å². The average molecular weight is 378 g/mol. The Morgan fingerprint density at radius 3 is 2.71 bits per heavy atom. The zero-order valence-electron chi connectivity index (χ0n) is 15.9. The van der Waals surface area contributed by atoms with Gasteiger partial charge < -0.3 is 14.5 Å². The number of carbonyl (C=O) groups is 1. The highest BCUT2D eigenvalue weighted by molar-refractivity contribution is 5.93. The Morgan fingerprint density at radius 2 is 2.00 bits per heavy atom. The van der Waals surface area contributed by atoms with E-state index < -0.39 is 0 Å². The van der Waals surface area contributed by atoms with Crippen LogP contribution in [0.4, 0.5) is 5.82 Å². The number of carbonyl (C=O) groups excluding carboxylic acids is 1. The van der Waals surface area contributed by atoms with Crippen molar-refractivity contribution in [1.82, 2.24) is 25.3 Å². The van der Waals surface area contributed by atoms with Gasteiger partial charge in [-0.3, -0.25) is 9.89 Å². The zero-order valence-corrected chi connectivity index (χ0v) is 15.9. The first kappa shape index (κ1) is 18.0. The van der Waals surface area contributed by atoms with Crippen molar-refractivity contribution in [3.63, 3.8) is 0 Å². The minimum Gasteiger partial charge on any atom is -0.471 e. The highest BCUT2D eigenvalue weighted by Crippen LogP contribution is 2.21. The Labute approximate surface area is 163 Å². The van der Waals surface area contributed by atoms with Crippen molar-refractivity contribution in [1.29, 1.82) is 0 Å². The summed E-state index contributed by atoms with van der Waals surface area (Å²) in [6.07, 6.45) is 0.655. The lowest BCUT2D eigenvalue weighted by atomic mass is 10.1. The van der Waals surface area contributed by atoms with Crippen LogP contribution >= 0.6 is 0 Å². The summed E-state index contributed by atoms with van der Waals surface area (Å²) in [7, 11) is 3.81. The summed E-state index contributed by atoms with van der Waals surface area (Å²) in [5.74, 6) is 1.16. The van der Waals surface area contributed by atoms with Crippen molar-refractivity contribution < 1.29 is 9.53 Å². The Morgan fingerprint density at radius 1 is 1.18 bits per heavy atom. The number of anilines is 1. The van der Waals surface area contributed by atoms with Gasteiger partial charge in [0.1, 0.15) is 11.8 Å². The molecule has 1 aliphatic heterocycles. The molecule has 0 radical (unpaired) electrons. The van der Waals surface area contributed by atoms with E-state index in [-0.39, 0.29) is 12.0 Å². The lowest BCUT2D eigenvalue weighted by Gasteiger charge is -2.16. The molecule has 8 heteroatoms. The molecule has 28 heavy (non-hydrogen) atoms. The molecule has 3 heterocycles. The Kier molecular flexibility index (Phi) is 4.92. The maximum Gasteiger partial charge on any atom is 0.272 e. The second-order valence-electron chi connectivity index (χ2n) is 6.94. The zero-order chi connectivity index (χ0) is 19.5. The number of nitrogens with one attached hydrogen (secondary N) is 1. The molecule has 0 spiro atoms. The standard InChI is InChI=1S/C20H22N6O2/c1-25(2)18-8-9-19(24-23-18)28-15-10-11-26(13-15)20(27)17-12-16(21-22-17)14-6-4-3-5-7-14/h3-9,12,15H,10-11,13H2,1-2H3,(H,21,22). The van der Waals surface area contributed by atoms with E-state index in [2.05, 4.69) is 20.4 Å². The molecule has 3 aromatic rings. The van der Waals surface area contributed by atoms with Crippen LogP contribution in [-0.2, 0) is 0 Å². The summed E-state index contributed by atoms with van der Waals surface area (Å²) >= 11 is 0. The molecule has 1 atom stereocenters. The number of hydrogen-bond donors (Lipinski definition) is 1. The minimum atomic E-state index is -0.0972. The Hall–Kier alpha value is -3.42. The van der Waals surface area contributed by atoms with Gasteiger partial charge in [0.15, 0.2) is 5.82 Å². The highest BCUT2D eigenvalue weighted by Gasteiger charge is 2.29. The van der Waals surface area contributed by atoms with Gasteiger partial charge >= 0.3 is 0 Å². The summed E-state index contributed by atoms with van der Waals surface area (Å²) in [4.78, 5) is 16.4. The van der Waals surface area contributed by atoms with Crippen molar-refractivity contribution in [3.8, 4) is 17.1 Å². The predicted molar refractivity (Wildman–Crippen MR) is 105 cm³/mol. The summed E-state index contributed by atoms with van der Waals surface area (Å²) in [6.45, 7) is 1.14. The third kappa shape index (κ3) is 3.80. The number of aromatic nitrogens is 4. The number of nitrogens with zero attached hydrogens (tertiary/aromatic N) is 5. The monoisotopic (exact) mass is 378 g/mol. The van der Waals surface area contributed by atoms with E-state index >= 15 is 0 Å². The Balaban J connectivity index is 1.37. The lowest BCUT2D eigenvalue weighted by molar-refractivity contribution is 0.0765. The topological polar surface area (TPSA) is 87.2 Å². The van der Waals surface area contributed by atoms with Crippen molar-refractivity contribution in [2.75, 3.05) is 32.1 Å². The quantitative estimate of drug-likeness (QED) is 0.733. The SMILES string of the molecule is CN(C)c1ccc(OC2CCN(C(=O)c3cc(-c4ccccc4)n[nH]3)C2)nn1. The molecule has 8 nitrogen and oxygen atoms in total.